The van der Waals surface area contributed by atoms with E-state index in [2.05, 4.69) is 5.32 Å². The normalized spacial score (nSPS) is 14.9. The lowest BCUT2D eigenvalue weighted by atomic mass is 10.0. The highest BCUT2D eigenvalue weighted by Gasteiger charge is 2.32. The number of hydrogen-bond acceptors (Lipinski definition) is 3. The predicted octanol–water partition coefficient (Wildman–Crippen LogP) is 1.12. The van der Waals surface area contributed by atoms with Crippen LogP contribution in [0.15, 0.2) is 30.3 Å². The molecule has 1 rings (SSSR count). The van der Waals surface area contributed by atoms with E-state index in [0.29, 0.717) is 5.56 Å². The summed E-state index contributed by atoms with van der Waals surface area (Å²) in [5.41, 5.74) is 5.26. The van der Waals surface area contributed by atoms with Crippen molar-refractivity contribution in [3.05, 3.63) is 35.9 Å². The van der Waals surface area contributed by atoms with Crippen molar-refractivity contribution in [1.29, 1.82) is 0 Å². The fraction of sp³-hybridized carbons (Fsp3) is 0.417. The third kappa shape index (κ3) is 5.71. The number of halogens is 3. The van der Waals surface area contributed by atoms with Crippen molar-refractivity contribution < 1.29 is 23.1 Å². The smallest absolute Gasteiger partial charge is 0.382 e. The van der Waals surface area contributed by atoms with Crippen LogP contribution in [0, 0.1) is 0 Å². The fourth-order valence-electron chi connectivity index (χ4n) is 1.58. The number of hydrogen-bond donors (Lipinski definition) is 3. The van der Waals surface area contributed by atoms with Crippen molar-refractivity contribution in [3.63, 3.8) is 0 Å². The molecule has 2 atom stereocenters. The van der Waals surface area contributed by atoms with Crippen LogP contribution in [0.1, 0.15) is 18.0 Å². The first-order chi connectivity index (χ1) is 8.79. The average molecular weight is 276 g/mol. The Kier molecular flexibility index (Phi) is 5.31. The van der Waals surface area contributed by atoms with Crippen LogP contribution in [0.25, 0.3) is 0 Å². The number of nitrogens with two attached hydrogens (primary N) is 1. The van der Waals surface area contributed by atoms with E-state index in [1.807, 2.05) is 0 Å². The molecule has 2 unspecified atom stereocenters. The molecule has 0 radical (unpaired) electrons. The Bertz CT molecular complexity index is 409. The van der Waals surface area contributed by atoms with Gasteiger partial charge in [0.05, 0.1) is 6.42 Å². The highest BCUT2D eigenvalue weighted by Crippen LogP contribution is 2.29. The molecule has 4 N–H and O–H groups in total. The number of carbonyl (C=O) groups excluding carboxylic acids is 1. The summed E-state index contributed by atoms with van der Waals surface area (Å²) in [5.74, 6) is -0.980. The second-order valence-electron chi connectivity index (χ2n) is 4.11. The highest BCUT2D eigenvalue weighted by molar-refractivity contribution is 5.78. The summed E-state index contributed by atoms with van der Waals surface area (Å²) < 4.78 is 37.4. The molecular formula is C12H15F3N2O2. The summed E-state index contributed by atoms with van der Waals surface area (Å²) >= 11 is 0. The predicted molar refractivity (Wildman–Crippen MR) is 63.1 cm³/mol. The van der Waals surface area contributed by atoms with E-state index in [1.54, 1.807) is 30.3 Å². The van der Waals surface area contributed by atoms with Crippen molar-refractivity contribution in [1.82, 2.24) is 5.32 Å². The van der Waals surface area contributed by atoms with Gasteiger partial charge in [0.1, 0.15) is 6.10 Å². The monoisotopic (exact) mass is 276 g/mol. The van der Waals surface area contributed by atoms with Crippen molar-refractivity contribution in [2.24, 2.45) is 5.73 Å². The number of amides is 1. The maximum atomic E-state index is 12.5. The van der Waals surface area contributed by atoms with Crippen LogP contribution in [0.5, 0.6) is 0 Å². The maximum Gasteiger partial charge on any atom is 0.390 e. The number of alkyl halides is 3. The van der Waals surface area contributed by atoms with Crippen LogP contribution in [-0.2, 0) is 4.79 Å². The summed E-state index contributed by atoms with van der Waals surface area (Å²) in [6.45, 7) is -0.328. The van der Waals surface area contributed by atoms with Gasteiger partial charge < -0.3 is 16.2 Å². The van der Waals surface area contributed by atoms with Crippen LogP contribution < -0.4 is 11.1 Å². The summed E-state index contributed by atoms with van der Waals surface area (Å²) in [6.07, 6.45) is -6.97. The summed E-state index contributed by atoms with van der Waals surface area (Å²) in [7, 11) is 0. The fourth-order valence-corrected chi connectivity index (χ4v) is 1.58. The zero-order valence-electron chi connectivity index (χ0n) is 10.0. The lowest BCUT2D eigenvalue weighted by Gasteiger charge is -2.21. The molecular weight excluding hydrogens is 261 g/mol. The third-order valence-corrected chi connectivity index (χ3v) is 2.52. The summed E-state index contributed by atoms with van der Waals surface area (Å²) in [6, 6.07) is 6.97. The first-order valence-electron chi connectivity index (χ1n) is 5.62. The first-order valence-corrected chi connectivity index (χ1v) is 5.62. The van der Waals surface area contributed by atoms with Crippen molar-refractivity contribution in [3.8, 4) is 0 Å². The molecule has 1 amide bonds. The average Bonchev–Trinajstić information content (AvgIpc) is 2.33. The van der Waals surface area contributed by atoms with Gasteiger partial charge >= 0.3 is 6.18 Å². The van der Waals surface area contributed by atoms with Gasteiger partial charge in [-0.15, -0.1) is 0 Å². The number of aliphatic hydroxyl groups is 1. The standard InChI is InChI=1S/C12H15F3N2O2/c13-12(14,15)6-9(8-4-2-1-3-5-8)17-7-10(18)11(16)19/h1-5,9-10,17-18H,6-7H2,(H2,16,19). The Balaban J connectivity index is 2.73. The molecule has 0 saturated carbocycles. The molecule has 0 saturated heterocycles. The summed E-state index contributed by atoms with van der Waals surface area (Å²) in [4.78, 5) is 10.6. The summed E-state index contributed by atoms with van der Waals surface area (Å²) in [5, 5.41) is 11.7. The number of primary amides is 1. The minimum absolute atomic E-state index is 0.328. The zero-order chi connectivity index (χ0) is 14.5. The molecule has 0 aliphatic heterocycles. The molecule has 0 aliphatic carbocycles. The van der Waals surface area contributed by atoms with E-state index in [-0.39, 0.29) is 6.54 Å². The third-order valence-electron chi connectivity index (χ3n) is 2.52. The molecule has 0 heterocycles. The van der Waals surface area contributed by atoms with E-state index in [9.17, 15) is 23.1 Å². The van der Waals surface area contributed by atoms with Gasteiger partial charge in [-0.05, 0) is 5.56 Å². The van der Waals surface area contributed by atoms with E-state index in [4.69, 9.17) is 5.73 Å². The van der Waals surface area contributed by atoms with E-state index < -0.39 is 30.7 Å². The van der Waals surface area contributed by atoms with E-state index >= 15 is 0 Å². The topological polar surface area (TPSA) is 75.4 Å². The molecule has 0 spiro atoms. The van der Waals surface area contributed by atoms with Gasteiger partial charge in [-0.3, -0.25) is 4.79 Å². The molecule has 0 fully saturated rings. The lowest BCUT2D eigenvalue weighted by Crippen LogP contribution is -2.40. The second kappa shape index (κ2) is 6.53. The number of nitrogens with one attached hydrogen (secondary N) is 1. The van der Waals surface area contributed by atoms with Gasteiger partial charge in [-0.1, -0.05) is 30.3 Å². The van der Waals surface area contributed by atoms with Crippen LogP contribution in [0.4, 0.5) is 13.2 Å². The Morgan fingerprint density at radius 1 is 1.32 bits per heavy atom. The van der Waals surface area contributed by atoms with Crippen LogP contribution >= 0.6 is 0 Å². The molecule has 7 heteroatoms. The molecule has 106 valence electrons. The van der Waals surface area contributed by atoms with Crippen molar-refractivity contribution >= 4 is 5.91 Å². The van der Waals surface area contributed by atoms with Gasteiger partial charge in [-0.2, -0.15) is 13.2 Å². The molecule has 0 aliphatic rings. The van der Waals surface area contributed by atoms with Crippen molar-refractivity contribution in [2.45, 2.75) is 24.7 Å². The largest absolute Gasteiger partial charge is 0.390 e. The molecule has 0 aromatic heterocycles. The SMILES string of the molecule is NC(=O)C(O)CNC(CC(F)(F)F)c1ccccc1. The van der Waals surface area contributed by atoms with E-state index in [1.165, 1.54) is 0 Å². The Morgan fingerprint density at radius 3 is 2.37 bits per heavy atom. The molecule has 1 aromatic carbocycles. The van der Waals surface area contributed by atoms with E-state index in [0.717, 1.165) is 0 Å². The number of rotatable bonds is 6. The van der Waals surface area contributed by atoms with Crippen LogP contribution in [0.3, 0.4) is 0 Å². The van der Waals surface area contributed by atoms with Gasteiger partial charge in [0, 0.05) is 12.6 Å². The second-order valence-corrected chi connectivity index (χ2v) is 4.11. The minimum atomic E-state index is -4.36. The molecule has 19 heavy (non-hydrogen) atoms. The molecule has 1 aromatic rings. The number of aliphatic hydroxyl groups excluding tert-OH is 1. The molecule has 4 nitrogen and oxygen atoms in total. The van der Waals surface area contributed by atoms with Gasteiger partial charge in [0.25, 0.3) is 0 Å². The van der Waals surface area contributed by atoms with Crippen LogP contribution in [0.2, 0.25) is 0 Å². The van der Waals surface area contributed by atoms with Crippen LogP contribution in [-0.4, -0.2) is 29.8 Å². The number of benzene rings is 1. The number of carbonyl (C=O) groups is 1. The van der Waals surface area contributed by atoms with Gasteiger partial charge in [0.2, 0.25) is 5.91 Å². The van der Waals surface area contributed by atoms with Crippen molar-refractivity contribution in [2.75, 3.05) is 6.54 Å². The Morgan fingerprint density at radius 2 is 1.89 bits per heavy atom. The lowest BCUT2D eigenvalue weighted by molar-refractivity contribution is -0.140. The first kappa shape index (κ1) is 15.5. The maximum absolute atomic E-state index is 12.5. The Labute approximate surface area is 108 Å². The van der Waals surface area contributed by atoms with Gasteiger partial charge in [0.15, 0.2) is 0 Å². The van der Waals surface area contributed by atoms with Gasteiger partial charge in [-0.25, -0.2) is 0 Å². The molecule has 0 bridgehead atoms. The quantitative estimate of drug-likeness (QED) is 0.728. The Hall–Kier alpha value is -1.60. The zero-order valence-corrected chi connectivity index (χ0v) is 10.0. The minimum Gasteiger partial charge on any atom is -0.382 e. The highest BCUT2D eigenvalue weighted by atomic mass is 19.4.